The molecule has 0 radical (unpaired) electrons. The number of hydrogen-bond donors (Lipinski definition) is 0. The molecule has 0 amide bonds. The number of carbonyl (C=O) groups excluding carboxylic acids is 2. The van der Waals surface area contributed by atoms with E-state index in [1.54, 1.807) is 37.5 Å². The predicted molar refractivity (Wildman–Crippen MR) is 98.0 cm³/mol. The summed E-state index contributed by atoms with van der Waals surface area (Å²) in [5, 5.41) is 0. The summed E-state index contributed by atoms with van der Waals surface area (Å²) in [5.74, 6) is 0.622. The SMILES string of the molecule is COC(=O)COc1ccc(C(=O)C=Cc2ccc(OC)c(Br)c2)cc1. The van der Waals surface area contributed by atoms with Gasteiger partial charge >= 0.3 is 5.97 Å². The summed E-state index contributed by atoms with van der Waals surface area (Å²) in [4.78, 5) is 23.2. The topological polar surface area (TPSA) is 61.8 Å². The molecule has 5 nitrogen and oxygen atoms in total. The van der Waals surface area contributed by atoms with E-state index in [4.69, 9.17) is 9.47 Å². The number of esters is 1. The minimum atomic E-state index is -0.464. The summed E-state index contributed by atoms with van der Waals surface area (Å²) in [6.45, 7) is -0.171. The van der Waals surface area contributed by atoms with Crippen LogP contribution >= 0.6 is 15.9 Å². The fourth-order valence-electron chi connectivity index (χ4n) is 1.97. The molecular formula is C19H17BrO5. The van der Waals surface area contributed by atoms with E-state index in [0.717, 1.165) is 15.8 Å². The maximum absolute atomic E-state index is 12.2. The third kappa shape index (κ3) is 5.46. The molecule has 0 N–H and O–H groups in total. The van der Waals surface area contributed by atoms with Gasteiger partial charge in [-0.1, -0.05) is 12.1 Å². The molecule has 0 aliphatic heterocycles. The van der Waals surface area contributed by atoms with Gasteiger partial charge in [-0.05, 0) is 64.0 Å². The molecule has 0 aromatic heterocycles. The third-order valence-electron chi connectivity index (χ3n) is 3.33. The predicted octanol–water partition coefficient (Wildman–Crippen LogP) is 3.91. The second-order valence-electron chi connectivity index (χ2n) is 4.98. The van der Waals surface area contributed by atoms with Crippen molar-refractivity contribution in [1.82, 2.24) is 0 Å². The normalized spacial score (nSPS) is 10.5. The molecule has 25 heavy (non-hydrogen) atoms. The van der Waals surface area contributed by atoms with Gasteiger partial charge in [-0.3, -0.25) is 4.79 Å². The van der Waals surface area contributed by atoms with Gasteiger partial charge in [0, 0.05) is 5.56 Å². The molecule has 0 fully saturated rings. The van der Waals surface area contributed by atoms with Crippen molar-refractivity contribution in [3.8, 4) is 11.5 Å². The highest BCUT2D eigenvalue weighted by Gasteiger charge is 2.05. The van der Waals surface area contributed by atoms with E-state index >= 15 is 0 Å². The van der Waals surface area contributed by atoms with Crippen molar-refractivity contribution >= 4 is 33.8 Å². The summed E-state index contributed by atoms with van der Waals surface area (Å²) >= 11 is 3.41. The van der Waals surface area contributed by atoms with Crippen LogP contribution in [0.25, 0.3) is 6.08 Å². The molecule has 2 aromatic carbocycles. The molecule has 0 aliphatic rings. The largest absolute Gasteiger partial charge is 0.496 e. The van der Waals surface area contributed by atoms with E-state index in [1.165, 1.54) is 13.2 Å². The lowest BCUT2D eigenvalue weighted by Crippen LogP contribution is -2.12. The number of allylic oxidation sites excluding steroid dienone is 1. The number of rotatable bonds is 7. The molecular weight excluding hydrogens is 388 g/mol. The van der Waals surface area contributed by atoms with Gasteiger partial charge in [0.15, 0.2) is 12.4 Å². The highest BCUT2D eigenvalue weighted by molar-refractivity contribution is 9.10. The first kappa shape index (κ1) is 18.7. The Morgan fingerprint density at radius 3 is 2.40 bits per heavy atom. The Hall–Kier alpha value is -2.60. The Balaban J connectivity index is 2.00. The maximum atomic E-state index is 12.2. The van der Waals surface area contributed by atoms with Gasteiger partial charge < -0.3 is 14.2 Å². The summed E-state index contributed by atoms with van der Waals surface area (Å²) < 4.78 is 15.7. The van der Waals surface area contributed by atoms with Gasteiger partial charge in [-0.2, -0.15) is 0 Å². The van der Waals surface area contributed by atoms with Crippen molar-refractivity contribution in [2.24, 2.45) is 0 Å². The number of benzene rings is 2. The van der Waals surface area contributed by atoms with E-state index in [1.807, 2.05) is 18.2 Å². The first-order valence-corrected chi connectivity index (χ1v) is 8.18. The quantitative estimate of drug-likeness (QED) is 0.397. The third-order valence-corrected chi connectivity index (χ3v) is 3.95. The van der Waals surface area contributed by atoms with Gasteiger partial charge in [0.05, 0.1) is 18.7 Å². The molecule has 6 heteroatoms. The van der Waals surface area contributed by atoms with Crippen LogP contribution in [0.5, 0.6) is 11.5 Å². The van der Waals surface area contributed by atoms with E-state index in [2.05, 4.69) is 20.7 Å². The fourth-order valence-corrected chi connectivity index (χ4v) is 2.53. The van der Waals surface area contributed by atoms with Crippen LogP contribution in [-0.2, 0) is 9.53 Å². The Morgan fingerprint density at radius 1 is 1.08 bits per heavy atom. The zero-order chi connectivity index (χ0) is 18.2. The Labute approximate surface area is 154 Å². The van der Waals surface area contributed by atoms with Crippen LogP contribution in [0.2, 0.25) is 0 Å². The molecule has 0 atom stereocenters. The van der Waals surface area contributed by atoms with Gasteiger partial charge in [-0.15, -0.1) is 0 Å². The average Bonchev–Trinajstić information content (AvgIpc) is 2.64. The molecule has 0 unspecified atom stereocenters. The number of carbonyl (C=O) groups is 2. The first-order valence-electron chi connectivity index (χ1n) is 7.39. The van der Waals surface area contributed by atoms with Gasteiger partial charge in [0.1, 0.15) is 11.5 Å². The summed E-state index contributed by atoms with van der Waals surface area (Å²) in [6.07, 6.45) is 3.23. The Bertz CT molecular complexity index is 781. The van der Waals surface area contributed by atoms with Gasteiger partial charge in [0.2, 0.25) is 0 Å². The number of hydrogen-bond acceptors (Lipinski definition) is 5. The second-order valence-corrected chi connectivity index (χ2v) is 5.84. The molecule has 0 saturated heterocycles. The highest BCUT2D eigenvalue weighted by Crippen LogP contribution is 2.26. The van der Waals surface area contributed by atoms with E-state index in [9.17, 15) is 9.59 Å². The number of ketones is 1. The van der Waals surface area contributed by atoms with Crippen LogP contribution in [0.1, 0.15) is 15.9 Å². The second kappa shape index (κ2) is 9.03. The zero-order valence-electron chi connectivity index (χ0n) is 13.8. The fraction of sp³-hybridized carbons (Fsp3) is 0.158. The van der Waals surface area contributed by atoms with E-state index in [-0.39, 0.29) is 12.4 Å². The molecule has 2 rings (SSSR count). The summed E-state index contributed by atoms with van der Waals surface area (Å²) in [7, 11) is 2.89. The van der Waals surface area contributed by atoms with Crippen LogP contribution in [0.4, 0.5) is 0 Å². The molecule has 130 valence electrons. The van der Waals surface area contributed by atoms with Gasteiger partial charge in [0.25, 0.3) is 0 Å². The number of ether oxygens (including phenoxy) is 3. The standard InChI is InChI=1S/C19H17BrO5/c1-23-18-10-4-13(11-16(18)20)3-9-17(21)14-5-7-15(8-6-14)25-12-19(22)24-2/h3-11H,12H2,1-2H3. The highest BCUT2D eigenvalue weighted by atomic mass is 79.9. The summed E-state index contributed by atoms with van der Waals surface area (Å²) in [5.41, 5.74) is 1.40. The maximum Gasteiger partial charge on any atom is 0.343 e. The van der Waals surface area contributed by atoms with Crippen LogP contribution in [-0.4, -0.2) is 32.6 Å². The lowest BCUT2D eigenvalue weighted by molar-refractivity contribution is -0.142. The average molecular weight is 405 g/mol. The Kier molecular flexibility index (Phi) is 6.77. The molecule has 2 aromatic rings. The van der Waals surface area contributed by atoms with Crippen molar-refractivity contribution in [2.45, 2.75) is 0 Å². The monoisotopic (exact) mass is 404 g/mol. The van der Waals surface area contributed by atoms with Crippen LogP contribution in [0, 0.1) is 0 Å². The minimum absolute atomic E-state index is 0.133. The molecule has 0 saturated carbocycles. The van der Waals surface area contributed by atoms with Crippen molar-refractivity contribution in [3.63, 3.8) is 0 Å². The van der Waals surface area contributed by atoms with Crippen molar-refractivity contribution in [1.29, 1.82) is 0 Å². The Morgan fingerprint density at radius 2 is 1.80 bits per heavy atom. The van der Waals surface area contributed by atoms with Crippen LogP contribution in [0.3, 0.4) is 0 Å². The number of methoxy groups -OCH3 is 2. The molecule has 0 aliphatic carbocycles. The zero-order valence-corrected chi connectivity index (χ0v) is 15.4. The summed E-state index contributed by atoms with van der Waals surface area (Å²) in [6, 6.07) is 12.1. The number of halogens is 1. The van der Waals surface area contributed by atoms with Gasteiger partial charge in [-0.25, -0.2) is 4.79 Å². The van der Waals surface area contributed by atoms with E-state index < -0.39 is 5.97 Å². The van der Waals surface area contributed by atoms with Crippen molar-refractivity contribution < 1.29 is 23.8 Å². The molecule has 0 bridgehead atoms. The smallest absolute Gasteiger partial charge is 0.343 e. The van der Waals surface area contributed by atoms with Crippen molar-refractivity contribution in [2.75, 3.05) is 20.8 Å². The molecule has 0 spiro atoms. The van der Waals surface area contributed by atoms with Crippen LogP contribution < -0.4 is 9.47 Å². The molecule has 0 heterocycles. The van der Waals surface area contributed by atoms with E-state index in [0.29, 0.717) is 11.3 Å². The van der Waals surface area contributed by atoms with Crippen molar-refractivity contribution in [3.05, 3.63) is 64.1 Å². The minimum Gasteiger partial charge on any atom is -0.496 e. The first-order chi connectivity index (χ1) is 12.0. The van der Waals surface area contributed by atoms with Crippen LogP contribution in [0.15, 0.2) is 53.0 Å². The lowest BCUT2D eigenvalue weighted by atomic mass is 10.1. The lowest BCUT2D eigenvalue weighted by Gasteiger charge is -2.05.